The fourth-order valence-electron chi connectivity index (χ4n) is 2.71. The van der Waals surface area contributed by atoms with Crippen molar-refractivity contribution in [2.45, 2.75) is 32.7 Å². The quantitative estimate of drug-likeness (QED) is 0.774. The van der Waals surface area contributed by atoms with Crippen molar-refractivity contribution in [2.75, 3.05) is 27.2 Å². The van der Waals surface area contributed by atoms with Gasteiger partial charge in [-0.25, -0.2) is 0 Å². The van der Waals surface area contributed by atoms with Crippen molar-refractivity contribution in [3.8, 4) is 5.75 Å². The summed E-state index contributed by atoms with van der Waals surface area (Å²) in [5, 5.41) is 7.16. The molecule has 1 aromatic carbocycles. The van der Waals surface area contributed by atoms with Crippen LogP contribution in [0.15, 0.2) is 35.0 Å². The zero-order chi connectivity index (χ0) is 18.4. The molecule has 1 N–H and O–H groups in total. The summed E-state index contributed by atoms with van der Waals surface area (Å²) in [5.41, 5.74) is 3.48. The average Bonchev–Trinajstić information content (AvgIpc) is 3.06. The van der Waals surface area contributed by atoms with Gasteiger partial charge in [0.15, 0.2) is 6.61 Å². The lowest BCUT2D eigenvalue weighted by atomic mass is 10.0. The van der Waals surface area contributed by atoms with Crippen molar-refractivity contribution >= 4 is 17.2 Å². The number of hydrogen-bond donors (Lipinski definition) is 1. The Morgan fingerprint density at radius 3 is 2.64 bits per heavy atom. The molecule has 0 saturated carbocycles. The first-order chi connectivity index (χ1) is 11.9. The molecule has 0 aliphatic carbocycles. The lowest BCUT2D eigenvalue weighted by molar-refractivity contribution is -0.123. The molecule has 4 nitrogen and oxygen atoms in total. The van der Waals surface area contributed by atoms with Crippen LogP contribution in [-0.2, 0) is 4.79 Å². The summed E-state index contributed by atoms with van der Waals surface area (Å²) >= 11 is 1.67. The predicted molar refractivity (Wildman–Crippen MR) is 105 cm³/mol. The average molecular weight is 361 g/mol. The van der Waals surface area contributed by atoms with Crippen molar-refractivity contribution in [3.63, 3.8) is 0 Å². The van der Waals surface area contributed by atoms with Gasteiger partial charge < -0.3 is 15.0 Å². The normalized spacial score (nSPS) is 12.4. The third-order valence-electron chi connectivity index (χ3n) is 4.19. The Balaban J connectivity index is 1.92. The van der Waals surface area contributed by atoms with Crippen LogP contribution in [0.3, 0.4) is 0 Å². The fraction of sp³-hybridized carbons (Fsp3) is 0.450. The Bertz CT molecular complexity index is 681. The molecule has 1 amide bonds. The minimum absolute atomic E-state index is 0.0347. The highest BCUT2D eigenvalue weighted by Gasteiger charge is 2.16. The first-order valence-corrected chi connectivity index (χ1v) is 9.51. The molecule has 1 unspecified atom stereocenters. The maximum absolute atomic E-state index is 12.2. The number of likely N-dealkylation sites (N-methyl/N-ethyl adjacent to an activating group) is 1. The van der Waals surface area contributed by atoms with E-state index in [0.29, 0.717) is 12.5 Å². The first kappa shape index (κ1) is 19.5. The molecule has 2 aromatic rings. The van der Waals surface area contributed by atoms with Crippen LogP contribution in [0.25, 0.3) is 0 Å². The van der Waals surface area contributed by atoms with Gasteiger partial charge in [0.05, 0.1) is 6.04 Å². The van der Waals surface area contributed by atoms with E-state index < -0.39 is 0 Å². The molecule has 25 heavy (non-hydrogen) atoms. The Kier molecular flexibility index (Phi) is 7.02. The number of benzene rings is 1. The first-order valence-electron chi connectivity index (χ1n) is 8.57. The van der Waals surface area contributed by atoms with Crippen LogP contribution >= 0.6 is 11.3 Å². The fourth-order valence-corrected chi connectivity index (χ4v) is 3.42. The van der Waals surface area contributed by atoms with Gasteiger partial charge in [0.2, 0.25) is 0 Å². The second-order valence-corrected chi connectivity index (χ2v) is 7.60. The highest BCUT2D eigenvalue weighted by Crippen LogP contribution is 2.27. The van der Waals surface area contributed by atoms with Crippen LogP contribution in [0.4, 0.5) is 0 Å². The summed E-state index contributed by atoms with van der Waals surface area (Å²) < 4.78 is 5.80. The number of rotatable bonds is 8. The molecule has 5 heteroatoms. The van der Waals surface area contributed by atoms with Gasteiger partial charge in [-0.1, -0.05) is 26.0 Å². The van der Waals surface area contributed by atoms with Crippen LogP contribution in [0, 0.1) is 6.92 Å². The van der Waals surface area contributed by atoms with Crippen LogP contribution in [0.1, 0.15) is 42.5 Å². The van der Waals surface area contributed by atoms with Crippen molar-refractivity contribution in [1.29, 1.82) is 0 Å². The van der Waals surface area contributed by atoms with Crippen molar-refractivity contribution < 1.29 is 9.53 Å². The second-order valence-electron chi connectivity index (χ2n) is 6.82. The molecule has 0 bridgehead atoms. The van der Waals surface area contributed by atoms with Crippen molar-refractivity contribution in [3.05, 3.63) is 51.7 Å². The maximum Gasteiger partial charge on any atom is 0.258 e. The van der Waals surface area contributed by atoms with Gasteiger partial charge in [-0.2, -0.15) is 11.3 Å². The molecule has 1 atom stereocenters. The molecule has 0 aliphatic rings. The molecule has 1 heterocycles. The van der Waals surface area contributed by atoms with Crippen molar-refractivity contribution in [2.24, 2.45) is 0 Å². The van der Waals surface area contributed by atoms with E-state index >= 15 is 0 Å². The number of carbonyl (C=O) groups is 1. The molecule has 1 aromatic heterocycles. The third kappa shape index (κ3) is 5.58. The Morgan fingerprint density at radius 2 is 2.04 bits per heavy atom. The molecule has 0 fully saturated rings. The minimum atomic E-state index is -0.0988. The highest BCUT2D eigenvalue weighted by atomic mass is 32.1. The van der Waals surface area contributed by atoms with Crippen molar-refractivity contribution in [1.82, 2.24) is 10.2 Å². The number of thiophene rings is 1. The zero-order valence-electron chi connectivity index (χ0n) is 15.7. The van der Waals surface area contributed by atoms with E-state index in [9.17, 15) is 4.79 Å². The van der Waals surface area contributed by atoms with Crippen LogP contribution in [0.5, 0.6) is 5.75 Å². The van der Waals surface area contributed by atoms with Gasteiger partial charge in [0.25, 0.3) is 5.91 Å². The number of ether oxygens (including phenoxy) is 1. The Morgan fingerprint density at radius 1 is 1.28 bits per heavy atom. The summed E-state index contributed by atoms with van der Waals surface area (Å²) in [6.45, 7) is 6.88. The topological polar surface area (TPSA) is 41.6 Å². The summed E-state index contributed by atoms with van der Waals surface area (Å²) in [4.78, 5) is 14.3. The molecule has 0 saturated heterocycles. The largest absolute Gasteiger partial charge is 0.483 e. The van der Waals surface area contributed by atoms with Gasteiger partial charge in [0.1, 0.15) is 5.75 Å². The van der Waals surface area contributed by atoms with Gasteiger partial charge >= 0.3 is 0 Å². The lowest BCUT2D eigenvalue weighted by Crippen LogP contribution is -2.36. The van der Waals surface area contributed by atoms with Gasteiger partial charge in [-0.05, 0) is 66.5 Å². The molecule has 0 spiro atoms. The molecule has 0 aliphatic heterocycles. The van der Waals surface area contributed by atoms with Crippen LogP contribution in [-0.4, -0.2) is 38.1 Å². The number of hydrogen-bond acceptors (Lipinski definition) is 4. The number of nitrogens with zero attached hydrogens (tertiary/aromatic N) is 1. The Labute approximate surface area is 154 Å². The number of aryl methyl sites for hydroxylation is 1. The van der Waals surface area contributed by atoms with E-state index in [1.165, 1.54) is 5.56 Å². The lowest BCUT2D eigenvalue weighted by Gasteiger charge is -2.24. The SMILES string of the molecule is Cc1ccc(C(C)C)c(OCC(=O)NCC(c2ccsc2)N(C)C)c1. The highest BCUT2D eigenvalue weighted by molar-refractivity contribution is 7.07. The summed E-state index contributed by atoms with van der Waals surface area (Å²) in [6, 6.07) is 8.41. The van der Waals surface area contributed by atoms with E-state index in [1.54, 1.807) is 11.3 Å². The Hall–Kier alpha value is -1.85. The van der Waals surface area contributed by atoms with E-state index in [0.717, 1.165) is 16.9 Å². The summed E-state index contributed by atoms with van der Waals surface area (Å²) in [7, 11) is 4.04. The van der Waals surface area contributed by atoms with E-state index in [2.05, 4.69) is 53.0 Å². The zero-order valence-corrected chi connectivity index (χ0v) is 16.5. The minimum Gasteiger partial charge on any atom is -0.483 e. The third-order valence-corrected chi connectivity index (χ3v) is 4.90. The van der Waals surface area contributed by atoms with Crippen LogP contribution < -0.4 is 10.1 Å². The van der Waals surface area contributed by atoms with Crippen LogP contribution in [0.2, 0.25) is 0 Å². The van der Waals surface area contributed by atoms with Gasteiger partial charge in [-0.3, -0.25) is 4.79 Å². The van der Waals surface area contributed by atoms with E-state index in [1.807, 2.05) is 27.1 Å². The predicted octanol–water partition coefficient (Wildman–Crippen LogP) is 3.98. The number of nitrogens with one attached hydrogen (secondary N) is 1. The smallest absolute Gasteiger partial charge is 0.258 e. The summed E-state index contributed by atoms with van der Waals surface area (Å²) in [6.07, 6.45) is 0. The molecule has 2 rings (SSSR count). The number of carbonyl (C=O) groups excluding carboxylic acids is 1. The van der Waals surface area contributed by atoms with Gasteiger partial charge in [-0.15, -0.1) is 0 Å². The van der Waals surface area contributed by atoms with E-state index in [4.69, 9.17) is 4.74 Å². The monoisotopic (exact) mass is 360 g/mol. The van der Waals surface area contributed by atoms with Gasteiger partial charge in [0, 0.05) is 6.54 Å². The second kappa shape index (κ2) is 9.02. The summed E-state index contributed by atoms with van der Waals surface area (Å²) in [5.74, 6) is 1.06. The van der Waals surface area contributed by atoms with E-state index in [-0.39, 0.29) is 18.6 Å². The molecule has 0 radical (unpaired) electrons. The molecular weight excluding hydrogens is 332 g/mol. The molecule has 136 valence electrons. The molecular formula is C20H28N2O2S. The number of amides is 1. The standard InChI is InChI=1S/C20H28N2O2S/c1-14(2)17-7-6-15(3)10-19(17)24-12-20(23)21-11-18(22(4)5)16-8-9-25-13-16/h6-10,13-14,18H,11-12H2,1-5H3,(H,21,23). The maximum atomic E-state index is 12.2.